The van der Waals surface area contributed by atoms with E-state index in [4.69, 9.17) is 4.74 Å². The summed E-state index contributed by atoms with van der Waals surface area (Å²) in [6, 6.07) is 13.9. The van der Waals surface area contributed by atoms with Crippen molar-refractivity contribution in [2.24, 2.45) is 0 Å². The van der Waals surface area contributed by atoms with Gasteiger partial charge in [0, 0.05) is 21.4 Å². The Bertz CT molecular complexity index is 960. The molecule has 1 heterocycles. The van der Waals surface area contributed by atoms with E-state index in [0.717, 1.165) is 4.47 Å². The zero-order valence-corrected chi connectivity index (χ0v) is 16.5. The van der Waals surface area contributed by atoms with E-state index in [2.05, 4.69) is 15.9 Å². The fourth-order valence-electron chi connectivity index (χ4n) is 2.95. The standard InChI is InChI=1S/C21H18BrNO4/c1-3-27-21(26)19-13(2)23(16-10-8-15(22)9-11-16)20(25)17(19)12-14-6-4-5-7-18(14)24/h4-12,24H,3H2,1-2H3/b17-12-. The van der Waals surface area contributed by atoms with E-state index >= 15 is 0 Å². The van der Waals surface area contributed by atoms with Gasteiger partial charge in [-0.05, 0) is 50.3 Å². The summed E-state index contributed by atoms with van der Waals surface area (Å²) in [6.45, 7) is 3.62. The van der Waals surface area contributed by atoms with Crippen LogP contribution >= 0.6 is 15.9 Å². The number of hydrogen-bond donors (Lipinski definition) is 1. The Hall–Kier alpha value is -2.86. The third-order valence-corrected chi connectivity index (χ3v) is 4.73. The number of hydrogen-bond acceptors (Lipinski definition) is 4. The molecule has 0 bridgehead atoms. The van der Waals surface area contributed by atoms with Gasteiger partial charge in [-0.2, -0.15) is 0 Å². The Morgan fingerprint density at radius 2 is 1.85 bits per heavy atom. The molecule has 2 aromatic rings. The predicted octanol–water partition coefficient (Wildman–Crippen LogP) is 4.42. The summed E-state index contributed by atoms with van der Waals surface area (Å²) in [5, 5.41) is 10.1. The van der Waals surface area contributed by atoms with Gasteiger partial charge in [-0.1, -0.05) is 34.1 Å². The van der Waals surface area contributed by atoms with Crippen LogP contribution in [0, 0.1) is 0 Å². The zero-order valence-electron chi connectivity index (χ0n) is 14.9. The summed E-state index contributed by atoms with van der Waals surface area (Å²) in [7, 11) is 0. The van der Waals surface area contributed by atoms with Crippen molar-refractivity contribution in [3.05, 3.63) is 75.4 Å². The van der Waals surface area contributed by atoms with E-state index in [1.165, 1.54) is 17.0 Å². The molecule has 0 fully saturated rings. The van der Waals surface area contributed by atoms with Gasteiger partial charge in [0.1, 0.15) is 5.75 Å². The number of halogens is 1. The molecule has 1 amide bonds. The lowest BCUT2D eigenvalue weighted by atomic mass is 10.0. The SMILES string of the molecule is CCOC(=O)C1=C(C)N(c2ccc(Br)cc2)C(=O)/C1=C\c1ccccc1O. The number of para-hydroxylation sites is 1. The van der Waals surface area contributed by atoms with Crippen LogP contribution in [-0.4, -0.2) is 23.6 Å². The number of aromatic hydroxyl groups is 1. The monoisotopic (exact) mass is 427 g/mol. The lowest BCUT2D eigenvalue weighted by molar-refractivity contribution is -0.138. The molecular weight excluding hydrogens is 410 g/mol. The van der Waals surface area contributed by atoms with Gasteiger partial charge in [-0.25, -0.2) is 4.79 Å². The summed E-state index contributed by atoms with van der Waals surface area (Å²) in [6.07, 6.45) is 1.52. The Labute approximate surface area is 165 Å². The predicted molar refractivity (Wildman–Crippen MR) is 107 cm³/mol. The number of amides is 1. The topological polar surface area (TPSA) is 66.8 Å². The van der Waals surface area contributed by atoms with Crippen LogP contribution in [0.5, 0.6) is 5.75 Å². The second-order valence-electron chi connectivity index (χ2n) is 5.91. The zero-order chi connectivity index (χ0) is 19.6. The van der Waals surface area contributed by atoms with E-state index in [1.54, 1.807) is 44.2 Å². The van der Waals surface area contributed by atoms with Gasteiger partial charge in [0.2, 0.25) is 0 Å². The number of carbonyl (C=O) groups is 2. The highest BCUT2D eigenvalue weighted by Crippen LogP contribution is 2.36. The van der Waals surface area contributed by atoms with Crippen molar-refractivity contribution in [1.82, 2.24) is 0 Å². The fraction of sp³-hybridized carbons (Fsp3) is 0.143. The fourth-order valence-corrected chi connectivity index (χ4v) is 3.21. The van der Waals surface area contributed by atoms with Crippen LogP contribution in [0.4, 0.5) is 5.69 Å². The number of carbonyl (C=O) groups excluding carboxylic acids is 2. The molecule has 0 radical (unpaired) electrons. The maximum atomic E-state index is 13.2. The molecule has 0 saturated carbocycles. The van der Waals surface area contributed by atoms with Crippen LogP contribution < -0.4 is 4.90 Å². The molecule has 138 valence electrons. The summed E-state index contributed by atoms with van der Waals surface area (Å²) < 4.78 is 6.04. The highest BCUT2D eigenvalue weighted by molar-refractivity contribution is 9.10. The number of anilines is 1. The van der Waals surface area contributed by atoms with Gasteiger partial charge in [-0.15, -0.1) is 0 Å². The lowest BCUT2D eigenvalue weighted by Gasteiger charge is -2.18. The number of phenols is 1. The summed E-state index contributed by atoms with van der Waals surface area (Å²) in [5.74, 6) is -0.883. The average molecular weight is 428 g/mol. The van der Waals surface area contributed by atoms with Crippen molar-refractivity contribution in [2.45, 2.75) is 13.8 Å². The van der Waals surface area contributed by atoms with Crippen molar-refractivity contribution < 1.29 is 19.4 Å². The maximum Gasteiger partial charge on any atom is 0.340 e. The number of esters is 1. The molecular formula is C21H18BrNO4. The first-order chi connectivity index (χ1) is 12.9. The van der Waals surface area contributed by atoms with E-state index in [-0.39, 0.29) is 29.4 Å². The van der Waals surface area contributed by atoms with Crippen molar-refractivity contribution in [2.75, 3.05) is 11.5 Å². The summed E-state index contributed by atoms with van der Waals surface area (Å²) in [4.78, 5) is 27.2. The summed E-state index contributed by atoms with van der Waals surface area (Å²) >= 11 is 3.38. The number of ether oxygens (including phenoxy) is 1. The van der Waals surface area contributed by atoms with E-state index in [1.807, 2.05) is 12.1 Å². The minimum absolute atomic E-state index is 0.0285. The molecule has 0 spiro atoms. The quantitative estimate of drug-likeness (QED) is 0.579. The van der Waals surface area contributed by atoms with Crippen LogP contribution in [0.25, 0.3) is 6.08 Å². The Kier molecular flexibility index (Phi) is 5.46. The van der Waals surface area contributed by atoms with E-state index in [0.29, 0.717) is 16.9 Å². The number of phenolic OH excluding ortho intramolecular Hbond substituents is 1. The molecule has 2 aromatic carbocycles. The molecule has 27 heavy (non-hydrogen) atoms. The van der Waals surface area contributed by atoms with Gasteiger partial charge >= 0.3 is 5.97 Å². The van der Waals surface area contributed by atoms with Gasteiger partial charge < -0.3 is 9.84 Å². The van der Waals surface area contributed by atoms with Gasteiger partial charge in [-0.3, -0.25) is 9.69 Å². The number of nitrogens with zero attached hydrogens (tertiary/aromatic N) is 1. The Morgan fingerprint density at radius 1 is 1.19 bits per heavy atom. The van der Waals surface area contributed by atoms with Gasteiger partial charge in [0.25, 0.3) is 5.91 Å². The molecule has 3 rings (SSSR count). The normalized spacial score (nSPS) is 15.6. The third kappa shape index (κ3) is 3.66. The molecule has 1 aliphatic heterocycles. The first-order valence-corrected chi connectivity index (χ1v) is 9.21. The second-order valence-corrected chi connectivity index (χ2v) is 6.83. The molecule has 0 saturated heterocycles. The van der Waals surface area contributed by atoms with Crippen LogP contribution in [0.15, 0.2) is 69.8 Å². The Balaban J connectivity index is 2.14. The second kappa shape index (κ2) is 7.80. The highest BCUT2D eigenvalue weighted by Gasteiger charge is 2.38. The minimum Gasteiger partial charge on any atom is -0.507 e. The van der Waals surface area contributed by atoms with Crippen molar-refractivity contribution in [3.8, 4) is 5.75 Å². The van der Waals surface area contributed by atoms with Crippen molar-refractivity contribution in [1.29, 1.82) is 0 Å². The van der Waals surface area contributed by atoms with Crippen LogP contribution in [0.1, 0.15) is 19.4 Å². The van der Waals surface area contributed by atoms with Crippen molar-refractivity contribution in [3.63, 3.8) is 0 Å². The first-order valence-electron chi connectivity index (χ1n) is 8.42. The highest BCUT2D eigenvalue weighted by atomic mass is 79.9. The average Bonchev–Trinajstić information content (AvgIpc) is 2.88. The molecule has 1 aliphatic rings. The van der Waals surface area contributed by atoms with Gasteiger partial charge in [0.15, 0.2) is 0 Å². The number of benzene rings is 2. The number of allylic oxidation sites excluding steroid dienone is 1. The Morgan fingerprint density at radius 3 is 2.48 bits per heavy atom. The van der Waals surface area contributed by atoms with Crippen LogP contribution in [0.3, 0.4) is 0 Å². The lowest BCUT2D eigenvalue weighted by Crippen LogP contribution is -2.24. The first kappa shape index (κ1) is 18.9. The molecule has 1 N–H and O–H groups in total. The molecule has 0 aromatic heterocycles. The smallest absolute Gasteiger partial charge is 0.340 e. The molecule has 6 heteroatoms. The third-order valence-electron chi connectivity index (χ3n) is 4.20. The molecule has 0 unspecified atom stereocenters. The van der Waals surface area contributed by atoms with E-state index in [9.17, 15) is 14.7 Å². The molecule has 5 nitrogen and oxygen atoms in total. The van der Waals surface area contributed by atoms with Crippen LogP contribution in [-0.2, 0) is 14.3 Å². The van der Waals surface area contributed by atoms with Gasteiger partial charge in [0.05, 0.1) is 17.8 Å². The largest absolute Gasteiger partial charge is 0.507 e. The van der Waals surface area contributed by atoms with E-state index < -0.39 is 5.97 Å². The summed E-state index contributed by atoms with van der Waals surface area (Å²) in [5.41, 5.74) is 1.97. The maximum absolute atomic E-state index is 13.2. The van der Waals surface area contributed by atoms with Crippen molar-refractivity contribution >= 4 is 39.6 Å². The number of rotatable bonds is 4. The minimum atomic E-state index is -0.565. The van der Waals surface area contributed by atoms with Crippen LogP contribution in [0.2, 0.25) is 0 Å². The molecule has 0 aliphatic carbocycles. The molecule has 0 atom stereocenters.